The Kier molecular flexibility index (Phi) is 4.61. The van der Waals surface area contributed by atoms with Crippen molar-refractivity contribution >= 4 is 23.3 Å². The molecule has 2 rings (SSSR count). The number of anilines is 1. The summed E-state index contributed by atoms with van der Waals surface area (Å²) in [5.41, 5.74) is 1.39. The van der Waals surface area contributed by atoms with Gasteiger partial charge in [0.05, 0.1) is 24.0 Å². The molecule has 0 spiro atoms. The van der Waals surface area contributed by atoms with Crippen molar-refractivity contribution in [1.82, 2.24) is 10.3 Å². The summed E-state index contributed by atoms with van der Waals surface area (Å²) in [6, 6.07) is 1.26. The van der Waals surface area contributed by atoms with E-state index >= 15 is 0 Å². The predicted molar refractivity (Wildman–Crippen MR) is 74.4 cm³/mol. The first-order chi connectivity index (χ1) is 9.06. The Labute approximate surface area is 117 Å². The molecule has 2 unspecified atom stereocenters. The number of nitrogens with zero attached hydrogens (tertiary/aromatic N) is 1. The topological polar surface area (TPSA) is 74.2 Å². The number of aromatic nitrogens is 1. The van der Waals surface area contributed by atoms with Crippen LogP contribution >= 0.6 is 11.6 Å². The number of carbonyl (C=O) groups is 1. The van der Waals surface area contributed by atoms with E-state index in [0.29, 0.717) is 10.8 Å². The van der Waals surface area contributed by atoms with E-state index in [0.717, 1.165) is 31.2 Å². The van der Waals surface area contributed by atoms with Crippen LogP contribution in [0.2, 0.25) is 5.15 Å². The summed E-state index contributed by atoms with van der Waals surface area (Å²) >= 11 is 5.82. The number of halogens is 1. The third-order valence-corrected chi connectivity index (χ3v) is 3.71. The molecule has 2 atom stereocenters. The third kappa shape index (κ3) is 3.81. The van der Waals surface area contributed by atoms with E-state index in [4.69, 9.17) is 11.6 Å². The molecule has 1 aliphatic carbocycles. The second-order valence-electron chi connectivity index (χ2n) is 4.89. The number of hydrogen-bond donors (Lipinski definition) is 3. The molecule has 1 aromatic rings. The molecular weight excluding hydrogens is 266 g/mol. The highest BCUT2D eigenvalue weighted by molar-refractivity contribution is 6.30. The summed E-state index contributed by atoms with van der Waals surface area (Å²) in [4.78, 5) is 15.8. The first kappa shape index (κ1) is 14.1. The van der Waals surface area contributed by atoms with E-state index in [9.17, 15) is 9.90 Å². The van der Waals surface area contributed by atoms with Gasteiger partial charge in [0.25, 0.3) is 0 Å². The number of aliphatic hydroxyl groups is 1. The van der Waals surface area contributed by atoms with Gasteiger partial charge in [0, 0.05) is 0 Å². The lowest BCUT2D eigenvalue weighted by molar-refractivity contribution is 0.0955. The Hall–Kier alpha value is -1.33. The van der Waals surface area contributed by atoms with Crippen molar-refractivity contribution in [2.75, 3.05) is 5.32 Å². The number of pyridine rings is 1. The van der Waals surface area contributed by atoms with Gasteiger partial charge in [-0.2, -0.15) is 0 Å². The van der Waals surface area contributed by atoms with Crippen LogP contribution in [-0.2, 0) is 0 Å². The monoisotopic (exact) mass is 283 g/mol. The zero-order chi connectivity index (χ0) is 13.8. The second-order valence-corrected chi connectivity index (χ2v) is 5.25. The van der Waals surface area contributed by atoms with E-state index < -0.39 is 6.10 Å². The summed E-state index contributed by atoms with van der Waals surface area (Å²) < 4.78 is 0. The normalized spacial score (nSPS) is 22.9. The summed E-state index contributed by atoms with van der Waals surface area (Å²) in [5.74, 6) is 0. The highest BCUT2D eigenvalue weighted by Gasteiger charge is 2.24. The van der Waals surface area contributed by atoms with Crippen molar-refractivity contribution in [3.05, 3.63) is 23.0 Å². The maximum atomic E-state index is 11.8. The van der Waals surface area contributed by atoms with Crippen LogP contribution in [0.25, 0.3) is 0 Å². The molecule has 1 fully saturated rings. The summed E-state index contributed by atoms with van der Waals surface area (Å²) in [6.07, 6.45) is 4.65. The molecule has 1 saturated carbocycles. The summed E-state index contributed by atoms with van der Waals surface area (Å²) in [7, 11) is 0. The van der Waals surface area contributed by atoms with Crippen LogP contribution in [0.15, 0.2) is 12.3 Å². The van der Waals surface area contributed by atoms with Crippen molar-refractivity contribution in [1.29, 1.82) is 0 Å². The van der Waals surface area contributed by atoms with Crippen LogP contribution in [-0.4, -0.2) is 28.3 Å². The number of carbonyl (C=O) groups excluding carboxylic acids is 1. The molecule has 5 nitrogen and oxygen atoms in total. The second kappa shape index (κ2) is 6.21. The van der Waals surface area contributed by atoms with Crippen molar-refractivity contribution in [3.8, 4) is 0 Å². The number of hydrogen-bond acceptors (Lipinski definition) is 3. The van der Waals surface area contributed by atoms with Crippen LogP contribution in [0.4, 0.5) is 10.5 Å². The molecule has 6 heteroatoms. The molecule has 1 aliphatic rings. The number of amides is 2. The quantitative estimate of drug-likeness (QED) is 0.730. The Morgan fingerprint density at radius 2 is 2.21 bits per heavy atom. The molecule has 3 N–H and O–H groups in total. The molecule has 1 aromatic heterocycles. The van der Waals surface area contributed by atoms with Gasteiger partial charge in [-0.3, -0.25) is 0 Å². The zero-order valence-corrected chi connectivity index (χ0v) is 11.6. The fourth-order valence-electron chi connectivity index (χ4n) is 2.24. The Morgan fingerprint density at radius 3 is 2.89 bits per heavy atom. The molecule has 0 bridgehead atoms. The van der Waals surface area contributed by atoms with Gasteiger partial charge >= 0.3 is 6.03 Å². The van der Waals surface area contributed by atoms with Crippen LogP contribution in [0.1, 0.15) is 31.2 Å². The minimum Gasteiger partial charge on any atom is -0.391 e. The number of urea groups is 1. The maximum Gasteiger partial charge on any atom is 0.319 e. The first-order valence-corrected chi connectivity index (χ1v) is 6.82. The molecule has 104 valence electrons. The lowest BCUT2D eigenvalue weighted by Gasteiger charge is -2.28. The Morgan fingerprint density at radius 1 is 1.47 bits per heavy atom. The predicted octanol–water partition coefficient (Wildman–Crippen LogP) is 2.47. The number of rotatable bonds is 2. The lowest BCUT2D eigenvalue weighted by Crippen LogP contribution is -2.46. The van der Waals surface area contributed by atoms with Crippen LogP contribution in [0.3, 0.4) is 0 Å². The number of aliphatic hydroxyl groups excluding tert-OH is 1. The van der Waals surface area contributed by atoms with Gasteiger partial charge in [0.15, 0.2) is 0 Å². The van der Waals surface area contributed by atoms with Crippen LogP contribution in [0.5, 0.6) is 0 Å². The van der Waals surface area contributed by atoms with E-state index in [1.54, 1.807) is 6.07 Å². The van der Waals surface area contributed by atoms with Crippen molar-refractivity contribution in [2.24, 2.45) is 0 Å². The van der Waals surface area contributed by atoms with E-state index in [2.05, 4.69) is 15.6 Å². The highest BCUT2D eigenvalue weighted by Crippen LogP contribution is 2.19. The van der Waals surface area contributed by atoms with Crippen LogP contribution < -0.4 is 10.6 Å². The molecule has 0 aromatic carbocycles. The number of nitrogens with one attached hydrogen (secondary N) is 2. The largest absolute Gasteiger partial charge is 0.391 e. The smallest absolute Gasteiger partial charge is 0.319 e. The Bertz CT molecular complexity index is 467. The minimum atomic E-state index is -0.454. The molecule has 1 heterocycles. The fraction of sp³-hybridized carbons (Fsp3) is 0.538. The average molecular weight is 284 g/mol. The minimum absolute atomic E-state index is 0.171. The molecule has 0 aliphatic heterocycles. The SMILES string of the molecule is Cc1cc(NC(=O)NC2CCCCC2O)cnc1Cl. The van der Waals surface area contributed by atoms with Crippen LogP contribution in [0, 0.1) is 6.92 Å². The molecule has 0 radical (unpaired) electrons. The number of aryl methyl sites for hydroxylation is 1. The van der Waals surface area contributed by atoms with Gasteiger partial charge in [-0.25, -0.2) is 9.78 Å². The summed E-state index contributed by atoms with van der Waals surface area (Å²) in [5, 5.41) is 15.7. The van der Waals surface area contributed by atoms with Crippen molar-refractivity contribution in [2.45, 2.75) is 44.8 Å². The zero-order valence-electron chi connectivity index (χ0n) is 10.8. The van der Waals surface area contributed by atoms with Gasteiger partial charge in [0.1, 0.15) is 5.15 Å². The van der Waals surface area contributed by atoms with Crippen molar-refractivity contribution < 1.29 is 9.90 Å². The molecule has 19 heavy (non-hydrogen) atoms. The van der Waals surface area contributed by atoms with Gasteiger partial charge in [-0.1, -0.05) is 24.4 Å². The van der Waals surface area contributed by atoms with E-state index in [1.807, 2.05) is 6.92 Å². The van der Waals surface area contributed by atoms with Crippen molar-refractivity contribution in [3.63, 3.8) is 0 Å². The van der Waals surface area contributed by atoms with Gasteiger partial charge in [-0.15, -0.1) is 0 Å². The lowest BCUT2D eigenvalue weighted by atomic mass is 9.93. The standard InChI is InChI=1S/C13H18ClN3O2/c1-8-6-9(7-15-12(8)14)16-13(19)17-10-4-2-3-5-11(10)18/h6-7,10-11,18H,2-5H2,1H3,(H2,16,17,19). The fourth-order valence-corrected chi connectivity index (χ4v) is 2.35. The average Bonchev–Trinajstić information content (AvgIpc) is 2.37. The van der Waals surface area contributed by atoms with Gasteiger partial charge in [0.2, 0.25) is 0 Å². The van der Waals surface area contributed by atoms with E-state index in [1.165, 1.54) is 6.20 Å². The maximum absolute atomic E-state index is 11.8. The first-order valence-electron chi connectivity index (χ1n) is 6.44. The summed E-state index contributed by atoms with van der Waals surface area (Å²) in [6.45, 7) is 1.82. The van der Waals surface area contributed by atoms with E-state index in [-0.39, 0.29) is 12.1 Å². The molecule has 0 saturated heterocycles. The third-order valence-electron chi connectivity index (χ3n) is 3.32. The van der Waals surface area contributed by atoms with Gasteiger partial charge < -0.3 is 15.7 Å². The van der Waals surface area contributed by atoms with Gasteiger partial charge in [-0.05, 0) is 31.4 Å². The highest BCUT2D eigenvalue weighted by atomic mass is 35.5. The molecular formula is C13H18ClN3O2. The molecule has 2 amide bonds. The Balaban J connectivity index is 1.91.